The lowest BCUT2D eigenvalue weighted by molar-refractivity contribution is -0.199. The van der Waals surface area contributed by atoms with Crippen LogP contribution in [0.5, 0.6) is 0 Å². The molecule has 7 heteroatoms. The Kier molecular flexibility index (Phi) is 7.98. The second-order valence-electron chi connectivity index (χ2n) is 14.1. The fourth-order valence-electron chi connectivity index (χ4n) is 8.07. The number of benzene rings is 1. The van der Waals surface area contributed by atoms with Crippen molar-refractivity contribution in [1.29, 1.82) is 0 Å². The Bertz CT molecular complexity index is 1080. The normalized spacial score (nSPS) is 32.9. The van der Waals surface area contributed by atoms with Gasteiger partial charge in [-0.1, -0.05) is 72.2 Å². The molecule has 3 saturated carbocycles. The van der Waals surface area contributed by atoms with Gasteiger partial charge in [-0.2, -0.15) is 0 Å². The van der Waals surface area contributed by atoms with E-state index in [2.05, 4.69) is 64.3 Å². The van der Waals surface area contributed by atoms with E-state index in [1.54, 1.807) is 0 Å². The Morgan fingerprint density at radius 3 is 2.54 bits per heavy atom. The van der Waals surface area contributed by atoms with Gasteiger partial charge in [0.2, 0.25) is 11.8 Å². The van der Waals surface area contributed by atoms with Crippen LogP contribution in [0.2, 0.25) is 0 Å². The monoisotopic (exact) mass is 536 g/mol. The number of aryl methyl sites for hydroxylation is 1. The van der Waals surface area contributed by atoms with E-state index in [4.69, 9.17) is 9.31 Å². The van der Waals surface area contributed by atoms with Crippen LogP contribution < -0.4 is 10.6 Å². The lowest BCUT2D eigenvalue weighted by Gasteiger charge is -2.64. The van der Waals surface area contributed by atoms with Crippen molar-refractivity contribution in [3.05, 3.63) is 35.4 Å². The van der Waals surface area contributed by atoms with Crippen LogP contribution in [-0.2, 0) is 25.3 Å². The number of hydrogen-bond donors (Lipinski definition) is 2. The molecule has 2 bridgehead atoms. The smallest absolute Gasteiger partial charge is 0.404 e. The number of amides is 2. The molecule has 4 aliphatic carbocycles. The van der Waals surface area contributed by atoms with Gasteiger partial charge in [-0.15, -0.1) is 0 Å². The van der Waals surface area contributed by atoms with Crippen molar-refractivity contribution in [2.75, 3.05) is 0 Å². The third kappa shape index (κ3) is 5.19. The molecule has 0 radical (unpaired) electrons. The van der Waals surface area contributed by atoms with Crippen molar-refractivity contribution in [1.82, 2.24) is 10.6 Å². The van der Waals surface area contributed by atoms with E-state index in [0.717, 1.165) is 44.1 Å². The van der Waals surface area contributed by atoms with Crippen molar-refractivity contribution >= 4 is 18.9 Å². The molecule has 1 aromatic carbocycles. The van der Waals surface area contributed by atoms with Crippen molar-refractivity contribution in [3.8, 4) is 0 Å². The van der Waals surface area contributed by atoms with Gasteiger partial charge in [0, 0.05) is 0 Å². The molecule has 1 aromatic rings. The minimum Gasteiger partial charge on any atom is -0.404 e. The number of rotatable bonds is 9. The topological polar surface area (TPSA) is 76.7 Å². The zero-order valence-corrected chi connectivity index (χ0v) is 25.1. The Hall–Kier alpha value is -1.86. The maximum absolute atomic E-state index is 13.9. The average Bonchev–Trinajstić information content (AvgIpc) is 3.27. The molecule has 6 rings (SSSR count). The van der Waals surface area contributed by atoms with Gasteiger partial charge in [-0.3, -0.25) is 9.59 Å². The molecule has 1 saturated heterocycles. The average molecular weight is 537 g/mol. The van der Waals surface area contributed by atoms with Crippen molar-refractivity contribution in [2.45, 2.75) is 123 Å². The third-order valence-corrected chi connectivity index (χ3v) is 10.8. The zero-order valence-electron chi connectivity index (χ0n) is 25.1. The summed E-state index contributed by atoms with van der Waals surface area (Å²) in [5, 5.41) is 6.48. The molecule has 0 aromatic heterocycles. The largest absolute Gasteiger partial charge is 0.481 e. The second-order valence-corrected chi connectivity index (χ2v) is 14.1. The minimum absolute atomic E-state index is 0.00557. The van der Waals surface area contributed by atoms with E-state index in [1.807, 2.05) is 19.1 Å². The molecule has 6 nitrogen and oxygen atoms in total. The molecule has 2 amide bonds. The maximum atomic E-state index is 13.9. The zero-order chi connectivity index (χ0) is 28.1. The molecule has 2 N–H and O–H groups in total. The van der Waals surface area contributed by atoms with Gasteiger partial charge >= 0.3 is 7.12 Å². The Labute approximate surface area is 235 Å². The molecule has 214 valence electrons. The molecular weight excluding hydrogens is 487 g/mol. The highest BCUT2D eigenvalue weighted by atomic mass is 16.7. The quantitative estimate of drug-likeness (QED) is 0.413. The predicted molar refractivity (Wildman–Crippen MR) is 155 cm³/mol. The van der Waals surface area contributed by atoms with Crippen molar-refractivity contribution < 1.29 is 18.9 Å². The summed E-state index contributed by atoms with van der Waals surface area (Å²) in [7, 11) is -0.472. The third-order valence-electron chi connectivity index (χ3n) is 10.8. The molecule has 4 fully saturated rings. The minimum atomic E-state index is -0.600. The van der Waals surface area contributed by atoms with Gasteiger partial charge in [0.1, 0.15) is 6.04 Å². The van der Waals surface area contributed by atoms with Crippen molar-refractivity contribution in [2.24, 2.45) is 29.1 Å². The Morgan fingerprint density at radius 1 is 1.10 bits per heavy atom. The van der Waals surface area contributed by atoms with Crippen LogP contribution in [0.4, 0.5) is 0 Å². The Balaban J connectivity index is 1.31. The van der Waals surface area contributed by atoms with Crippen LogP contribution in [-0.4, -0.2) is 42.6 Å². The van der Waals surface area contributed by atoms with Gasteiger partial charge in [-0.25, -0.2) is 0 Å². The van der Waals surface area contributed by atoms with Crippen LogP contribution in [0.3, 0.4) is 0 Å². The summed E-state index contributed by atoms with van der Waals surface area (Å²) in [5.74, 6) is 0.862. The van der Waals surface area contributed by atoms with Gasteiger partial charge in [0.05, 0.1) is 23.6 Å². The molecule has 39 heavy (non-hydrogen) atoms. The first-order valence-corrected chi connectivity index (χ1v) is 15.5. The first-order chi connectivity index (χ1) is 18.5. The lowest BCUT2D eigenvalue weighted by atomic mass is 9.43. The van der Waals surface area contributed by atoms with Crippen LogP contribution >= 0.6 is 0 Å². The van der Waals surface area contributed by atoms with E-state index in [9.17, 15) is 9.59 Å². The highest BCUT2D eigenvalue weighted by molar-refractivity contribution is 6.48. The van der Waals surface area contributed by atoms with E-state index < -0.39 is 13.2 Å². The SMILES string of the molecule is CCC(C)[C@H](NC(=O)C1CCCc2ccccc21)C(=O)N[C@@H](CC(C)C)B1OC2C[C@@H]3C[C@@H](C3(C)C)[C@]2(C)O1. The van der Waals surface area contributed by atoms with E-state index >= 15 is 0 Å². The van der Waals surface area contributed by atoms with Gasteiger partial charge < -0.3 is 19.9 Å². The van der Waals surface area contributed by atoms with Crippen LogP contribution in [0.15, 0.2) is 24.3 Å². The van der Waals surface area contributed by atoms with Crippen LogP contribution in [0, 0.1) is 29.1 Å². The highest BCUT2D eigenvalue weighted by Crippen LogP contribution is 2.65. The van der Waals surface area contributed by atoms with Crippen molar-refractivity contribution in [3.63, 3.8) is 0 Å². The standard InChI is InChI=1S/C32H49BN2O4/c1-8-20(4)28(35-29(36)24-15-11-13-21-12-9-10-14-23(21)24)30(37)34-27(16-19(2)3)33-38-26-18-22-17-25(31(22,5)6)32(26,7)39-33/h9-10,12,14,19-20,22,24-28H,8,11,13,15-18H2,1-7H3,(H,34,37)(H,35,36)/t20?,22-,24?,25-,26?,27-,28-,32-/m0/s1. The summed E-state index contributed by atoms with van der Waals surface area (Å²) >= 11 is 0. The first-order valence-electron chi connectivity index (χ1n) is 15.5. The number of nitrogens with one attached hydrogen (secondary N) is 2. The maximum Gasteiger partial charge on any atom is 0.481 e. The number of fused-ring (bicyclic) bond motifs is 1. The molecule has 1 heterocycles. The summed E-state index contributed by atoms with van der Waals surface area (Å²) in [6.45, 7) is 15.4. The number of carbonyl (C=O) groups is 2. The van der Waals surface area contributed by atoms with Gasteiger partial charge in [0.15, 0.2) is 0 Å². The fourth-order valence-corrected chi connectivity index (χ4v) is 8.07. The van der Waals surface area contributed by atoms with Gasteiger partial charge in [0.25, 0.3) is 0 Å². The predicted octanol–water partition coefficient (Wildman–Crippen LogP) is 5.44. The van der Waals surface area contributed by atoms with E-state index in [-0.39, 0.29) is 46.7 Å². The summed E-state index contributed by atoms with van der Waals surface area (Å²) < 4.78 is 13.3. The second kappa shape index (κ2) is 10.9. The number of carbonyl (C=O) groups excluding carboxylic acids is 2. The lowest BCUT2D eigenvalue weighted by Crippen LogP contribution is -2.65. The summed E-state index contributed by atoms with van der Waals surface area (Å²) in [5.41, 5.74) is 2.30. The highest BCUT2D eigenvalue weighted by Gasteiger charge is 2.68. The number of hydrogen-bond acceptors (Lipinski definition) is 4. The molecule has 5 aliphatic rings. The molecule has 1 aliphatic heterocycles. The van der Waals surface area contributed by atoms with E-state index in [1.165, 1.54) is 12.0 Å². The van der Waals surface area contributed by atoms with Gasteiger partial charge in [-0.05, 0) is 85.7 Å². The Morgan fingerprint density at radius 2 is 1.85 bits per heavy atom. The fraction of sp³-hybridized carbons (Fsp3) is 0.750. The summed E-state index contributed by atoms with van der Waals surface area (Å²) in [6.07, 6.45) is 6.65. The first kappa shape index (κ1) is 28.7. The molecule has 0 spiro atoms. The summed E-state index contributed by atoms with van der Waals surface area (Å²) in [4.78, 5) is 27.5. The van der Waals surface area contributed by atoms with E-state index in [0.29, 0.717) is 17.8 Å². The molecule has 8 atom stereocenters. The van der Waals surface area contributed by atoms with Crippen LogP contribution in [0.25, 0.3) is 0 Å². The molecular formula is C32H49BN2O4. The summed E-state index contributed by atoms with van der Waals surface area (Å²) in [6, 6.07) is 7.63. The molecule has 3 unspecified atom stereocenters. The van der Waals surface area contributed by atoms with Crippen LogP contribution in [0.1, 0.15) is 104 Å².